The number of hydrogen-bond acceptors (Lipinski definition) is 3. The van der Waals surface area contributed by atoms with Crippen molar-refractivity contribution >= 4 is 11.8 Å². The molecule has 2 heterocycles. The average Bonchev–Trinajstić information content (AvgIpc) is 2.84. The molecule has 0 bridgehead atoms. The molecule has 2 fully saturated rings. The van der Waals surface area contributed by atoms with Crippen LogP contribution in [0.2, 0.25) is 0 Å². The highest BCUT2D eigenvalue weighted by atomic mass is 16.5. The van der Waals surface area contributed by atoms with E-state index in [2.05, 4.69) is 5.32 Å². The smallest absolute Gasteiger partial charge is 0.245 e. The van der Waals surface area contributed by atoms with E-state index in [1.165, 1.54) is 0 Å². The Hall–Kier alpha value is -1.10. The van der Waals surface area contributed by atoms with Crippen LogP contribution in [-0.2, 0) is 14.3 Å². The highest BCUT2D eigenvalue weighted by Gasteiger charge is 2.37. The molecule has 0 aromatic carbocycles. The summed E-state index contributed by atoms with van der Waals surface area (Å²) in [4.78, 5) is 26.1. The standard InChI is InChI=1S/C13H22N2O3/c1-3-9(2)12-13(17)15(6-4-11(16)14-12)10-5-7-18-8-10/h9-10,12H,3-8H2,1-2H3,(H,14,16). The van der Waals surface area contributed by atoms with E-state index in [0.717, 1.165) is 12.8 Å². The molecule has 2 aliphatic rings. The number of nitrogens with one attached hydrogen (secondary N) is 1. The molecule has 2 saturated heterocycles. The zero-order valence-corrected chi connectivity index (χ0v) is 11.1. The summed E-state index contributed by atoms with van der Waals surface area (Å²) in [5.74, 6) is 0.213. The lowest BCUT2D eigenvalue weighted by Gasteiger charge is -2.30. The van der Waals surface area contributed by atoms with Gasteiger partial charge in [-0.05, 0) is 12.3 Å². The molecule has 2 amide bonds. The van der Waals surface area contributed by atoms with Gasteiger partial charge in [-0.15, -0.1) is 0 Å². The van der Waals surface area contributed by atoms with E-state index >= 15 is 0 Å². The van der Waals surface area contributed by atoms with Gasteiger partial charge in [-0.3, -0.25) is 9.59 Å². The third-order valence-corrected chi connectivity index (χ3v) is 4.00. The molecule has 0 spiro atoms. The van der Waals surface area contributed by atoms with E-state index in [0.29, 0.717) is 26.2 Å². The highest BCUT2D eigenvalue weighted by molar-refractivity contribution is 5.90. The molecule has 2 aliphatic heterocycles. The first-order valence-electron chi connectivity index (χ1n) is 6.81. The van der Waals surface area contributed by atoms with Crippen LogP contribution in [0.15, 0.2) is 0 Å². The molecule has 3 atom stereocenters. The minimum absolute atomic E-state index is 0.0185. The van der Waals surface area contributed by atoms with Crippen molar-refractivity contribution in [3.05, 3.63) is 0 Å². The van der Waals surface area contributed by atoms with Gasteiger partial charge < -0.3 is 15.0 Å². The molecule has 5 nitrogen and oxygen atoms in total. The average molecular weight is 254 g/mol. The summed E-state index contributed by atoms with van der Waals surface area (Å²) in [6.45, 7) is 5.89. The second-order valence-electron chi connectivity index (χ2n) is 5.23. The molecule has 0 radical (unpaired) electrons. The van der Waals surface area contributed by atoms with Crippen molar-refractivity contribution in [1.82, 2.24) is 10.2 Å². The summed E-state index contributed by atoms with van der Waals surface area (Å²) < 4.78 is 5.35. The highest BCUT2D eigenvalue weighted by Crippen LogP contribution is 2.20. The first-order chi connectivity index (χ1) is 8.63. The predicted octanol–water partition coefficient (Wildman–Crippen LogP) is 0.539. The minimum atomic E-state index is -0.370. The van der Waals surface area contributed by atoms with Crippen LogP contribution < -0.4 is 5.32 Å². The van der Waals surface area contributed by atoms with E-state index < -0.39 is 0 Å². The Morgan fingerprint density at radius 1 is 1.50 bits per heavy atom. The zero-order valence-electron chi connectivity index (χ0n) is 11.1. The monoisotopic (exact) mass is 254 g/mol. The minimum Gasteiger partial charge on any atom is -0.379 e. The molecular weight excluding hydrogens is 232 g/mol. The van der Waals surface area contributed by atoms with Crippen LogP contribution >= 0.6 is 0 Å². The fourth-order valence-electron chi connectivity index (χ4n) is 2.57. The topological polar surface area (TPSA) is 58.6 Å². The van der Waals surface area contributed by atoms with E-state index in [1.807, 2.05) is 18.7 Å². The molecule has 18 heavy (non-hydrogen) atoms. The summed E-state index contributed by atoms with van der Waals surface area (Å²) in [5, 5.41) is 2.86. The number of nitrogens with zero attached hydrogens (tertiary/aromatic N) is 1. The van der Waals surface area contributed by atoms with Crippen LogP contribution in [-0.4, -0.2) is 48.6 Å². The maximum atomic E-state index is 12.5. The van der Waals surface area contributed by atoms with Crippen LogP contribution in [0.1, 0.15) is 33.1 Å². The van der Waals surface area contributed by atoms with Crippen LogP contribution in [0.25, 0.3) is 0 Å². The lowest BCUT2D eigenvalue weighted by molar-refractivity contribution is -0.137. The van der Waals surface area contributed by atoms with Crippen molar-refractivity contribution in [3.8, 4) is 0 Å². The molecule has 0 saturated carbocycles. The Bertz CT molecular complexity index is 326. The van der Waals surface area contributed by atoms with Gasteiger partial charge in [0.05, 0.1) is 12.6 Å². The first-order valence-corrected chi connectivity index (χ1v) is 6.81. The predicted molar refractivity (Wildman–Crippen MR) is 66.9 cm³/mol. The van der Waals surface area contributed by atoms with Gasteiger partial charge in [-0.1, -0.05) is 20.3 Å². The van der Waals surface area contributed by atoms with Crippen LogP contribution in [0.3, 0.4) is 0 Å². The molecule has 102 valence electrons. The van der Waals surface area contributed by atoms with Gasteiger partial charge in [0.15, 0.2) is 0 Å². The van der Waals surface area contributed by atoms with Crippen molar-refractivity contribution < 1.29 is 14.3 Å². The van der Waals surface area contributed by atoms with Gasteiger partial charge in [-0.2, -0.15) is 0 Å². The molecule has 0 aromatic rings. The van der Waals surface area contributed by atoms with Gasteiger partial charge in [0, 0.05) is 19.6 Å². The van der Waals surface area contributed by atoms with Gasteiger partial charge in [-0.25, -0.2) is 0 Å². The number of hydrogen-bond donors (Lipinski definition) is 1. The molecule has 3 unspecified atom stereocenters. The lowest BCUT2D eigenvalue weighted by Crippen LogP contribution is -2.51. The summed E-state index contributed by atoms with van der Waals surface area (Å²) in [5.41, 5.74) is 0. The fourth-order valence-corrected chi connectivity index (χ4v) is 2.57. The number of amides is 2. The van der Waals surface area contributed by atoms with E-state index in [-0.39, 0.29) is 29.8 Å². The largest absolute Gasteiger partial charge is 0.379 e. The zero-order chi connectivity index (χ0) is 13.1. The lowest BCUT2D eigenvalue weighted by atomic mass is 9.97. The molecule has 1 N–H and O–H groups in total. The van der Waals surface area contributed by atoms with Gasteiger partial charge in [0.25, 0.3) is 0 Å². The normalized spacial score (nSPS) is 31.1. The van der Waals surface area contributed by atoms with Crippen molar-refractivity contribution in [1.29, 1.82) is 0 Å². The summed E-state index contributed by atoms with van der Waals surface area (Å²) in [6.07, 6.45) is 2.16. The molecule has 0 aliphatic carbocycles. The number of ether oxygens (including phenoxy) is 1. The molecular formula is C13H22N2O3. The SMILES string of the molecule is CCC(C)C1NC(=O)CCN(C2CCOC2)C1=O. The second-order valence-corrected chi connectivity index (χ2v) is 5.23. The quantitative estimate of drug-likeness (QED) is 0.799. The number of carbonyl (C=O) groups is 2. The Morgan fingerprint density at radius 2 is 2.28 bits per heavy atom. The van der Waals surface area contributed by atoms with Crippen LogP contribution in [0, 0.1) is 5.92 Å². The summed E-state index contributed by atoms with van der Waals surface area (Å²) in [6, 6.07) is -0.220. The van der Waals surface area contributed by atoms with E-state index in [9.17, 15) is 9.59 Å². The Kier molecular flexibility index (Phi) is 4.22. The number of carbonyl (C=O) groups excluding carboxylic acids is 2. The van der Waals surface area contributed by atoms with Crippen molar-refractivity contribution in [2.24, 2.45) is 5.92 Å². The first kappa shape index (κ1) is 13.3. The maximum Gasteiger partial charge on any atom is 0.245 e. The second kappa shape index (κ2) is 5.69. The Balaban J connectivity index is 2.14. The van der Waals surface area contributed by atoms with Crippen LogP contribution in [0.5, 0.6) is 0 Å². The summed E-state index contributed by atoms with van der Waals surface area (Å²) >= 11 is 0. The van der Waals surface area contributed by atoms with Gasteiger partial charge in [0.1, 0.15) is 6.04 Å². The third kappa shape index (κ3) is 2.66. The van der Waals surface area contributed by atoms with Gasteiger partial charge in [0.2, 0.25) is 11.8 Å². The van der Waals surface area contributed by atoms with E-state index in [4.69, 9.17) is 4.74 Å². The van der Waals surface area contributed by atoms with Crippen molar-refractivity contribution in [2.45, 2.75) is 45.2 Å². The fraction of sp³-hybridized carbons (Fsp3) is 0.846. The van der Waals surface area contributed by atoms with Crippen LogP contribution in [0.4, 0.5) is 0 Å². The Labute approximate surface area is 108 Å². The third-order valence-electron chi connectivity index (χ3n) is 4.00. The summed E-state index contributed by atoms with van der Waals surface area (Å²) in [7, 11) is 0. The molecule has 2 rings (SSSR count). The maximum absolute atomic E-state index is 12.5. The molecule has 0 aromatic heterocycles. The molecule has 5 heteroatoms. The van der Waals surface area contributed by atoms with E-state index in [1.54, 1.807) is 0 Å². The number of rotatable bonds is 3. The van der Waals surface area contributed by atoms with Crippen molar-refractivity contribution in [3.63, 3.8) is 0 Å². The van der Waals surface area contributed by atoms with Crippen molar-refractivity contribution in [2.75, 3.05) is 19.8 Å². The van der Waals surface area contributed by atoms with Gasteiger partial charge >= 0.3 is 0 Å². The Morgan fingerprint density at radius 3 is 2.89 bits per heavy atom.